The number of carbonyl (C=O) groups excluding carboxylic acids is 1. The van der Waals surface area contributed by atoms with Crippen LogP contribution in [0.1, 0.15) is 30.4 Å². The zero-order valence-electron chi connectivity index (χ0n) is 14.8. The fourth-order valence-corrected chi connectivity index (χ4v) is 4.08. The fourth-order valence-electron chi connectivity index (χ4n) is 4.08. The van der Waals surface area contributed by atoms with Crippen LogP contribution in [0.25, 0.3) is 10.9 Å². The van der Waals surface area contributed by atoms with Gasteiger partial charge < -0.3 is 19.4 Å². The Hall–Kier alpha value is -1.85. The van der Waals surface area contributed by atoms with Crippen LogP contribution < -0.4 is 0 Å². The maximum absolute atomic E-state index is 12.7. The topological polar surface area (TPSA) is 54.6 Å². The van der Waals surface area contributed by atoms with Crippen molar-refractivity contribution in [1.29, 1.82) is 0 Å². The second-order valence-electron chi connectivity index (χ2n) is 7.16. The van der Waals surface area contributed by atoms with E-state index in [9.17, 15) is 4.79 Å². The van der Waals surface area contributed by atoms with E-state index in [1.807, 2.05) is 11.1 Å². The van der Waals surface area contributed by atoms with E-state index >= 15 is 0 Å². The number of likely N-dealkylation sites (tertiary alicyclic amines) is 1. The van der Waals surface area contributed by atoms with Crippen molar-refractivity contribution in [1.82, 2.24) is 9.88 Å². The largest absolute Gasteiger partial charge is 0.361 e. The molecule has 2 fully saturated rings. The summed E-state index contributed by atoms with van der Waals surface area (Å²) in [5.41, 5.74) is 3.65. The summed E-state index contributed by atoms with van der Waals surface area (Å²) < 4.78 is 11.3. The second kappa shape index (κ2) is 7.18. The number of rotatable bonds is 4. The van der Waals surface area contributed by atoms with Crippen LogP contribution in [0.2, 0.25) is 0 Å². The van der Waals surface area contributed by atoms with Gasteiger partial charge in [-0.3, -0.25) is 4.79 Å². The van der Waals surface area contributed by atoms with Gasteiger partial charge >= 0.3 is 0 Å². The van der Waals surface area contributed by atoms with Gasteiger partial charge in [0.25, 0.3) is 0 Å². The van der Waals surface area contributed by atoms with E-state index in [1.165, 1.54) is 22.0 Å². The molecule has 0 unspecified atom stereocenters. The number of aromatic amines is 1. The number of fused-ring (bicyclic) bond motifs is 1. The summed E-state index contributed by atoms with van der Waals surface area (Å²) in [5.74, 6) is 0.556. The summed E-state index contributed by atoms with van der Waals surface area (Å²) >= 11 is 0. The molecule has 3 heterocycles. The van der Waals surface area contributed by atoms with Crippen LogP contribution in [0, 0.1) is 12.8 Å². The highest BCUT2D eigenvalue weighted by atomic mass is 16.7. The highest BCUT2D eigenvalue weighted by Crippen LogP contribution is 2.26. The molecular formula is C20H26N2O3. The average molecular weight is 342 g/mol. The highest BCUT2D eigenvalue weighted by molar-refractivity contribution is 5.86. The molecule has 5 heteroatoms. The van der Waals surface area contributed by atoms with Gasteiger partial charge in [0.2, 0.25) is 5.91 Å². The Balaban J connectivity index is 1.37. The minimum Gasteiger partial charge on any atom is -0.361 e. The number of piperidine rings is 1. The van der Waals surface area contributed by atoms with Gasteiger partial charge in [-0.1, -0.05) is 18.2 Å². The zero-order valence-corrected chi connectivity index (χ0v) is 14.8. The number of amides is 1. The van der Waals surface area contributed by atoms with Gasteiger partial charge in [-0.15, -0.1) is 0 Å². The molecule has 0 spiro atoms. The molecule has 0 aliphatic carbocycles. The van der Waals surface area contributed by atoms with Crippen molar-refractivity contribution < 1.29 is 14.3 Å². The Labute approximate surface area is 148 Å². The van der Waals surface area contributed by atoms with Crippen LogP contribution in [0.4, 0.5) is 0 Å². The summed E-state index contributed by atoms with van der Waals surface area (Å²) in [6, 6.07) is 6.31. The van der Waals surface area contributed by atoms with E-state index in [0.29, 0.717) is 25.6 Å². The average Bonchev–Trinajstić information content (AvgIpc) is 3.30. The molecule has 4 rings (SSSR count). The van der Waals surface area contributed by atoms with E-state index < -0.39 is 0 Å². The molecule has 0 saturated carbocycles. The predicted octanol–water partition coefficient (Wildman–Crippen LogP) is 3.02. The number of aromatic nitrogens is 1. The van der Waals surface area contributed by atoms with Gasteiger partial charge in [-0.2, -0.15) is 0 Å². The fraction of sp³-hybridized carbons (Fsp3) is 0.550. The van der Waals surface area contributed by atoms with Crippen molar-refractivity contribution in [3.63, 3.8) is 0 Å². The standard InChI is InChI=1S/C20H26N2O3/c1-14-4-2-6-17-15(12-21-19(14)17)7-8-18(23)22-9-3-5-16(13-22)20-24-10-11-25-20/h2,4,6,12,16,20-21H,3,5,7-11,13H2,1H3/t16-/m0/s1. The number of hydrogen-bond donors (Lipinski definition) is 1. The summed E-state index contributed by atoms with van der Waals surface area (Å²) in [6.07, 6.45) is 5.37. The van der Waals surface area contributed by atoms with E-state index in [1.54, 1.807) is 0 Å². The number of H-pyrrole nitrogens is 1. The molecule has 1 atom stereocenters. The SMILES string of the molecule is Cc1cccc2c(CCC(=O)N3CCC[C@H](C4OCCO4)C3)c[nH]c12. The molecule has 5 nitrogen and oxygen atoms in total. The van der Waals surface area contributed by atoms with Gasteiger partial charge in [0.1, 0.15) is 0 Å². The molecule has 1 amide bonds. The maximum Gasteiger partial charge on any atom is 0.222 e. The Bertz CT molecular complexity index is 748. The number of carbonyl (C=O) groups is 1. The smallest absolute Gasteiger partial charge is 0.222 e. The first-order valence-electron chi connectivity index (χ1n) is 9.29. The lowest BCUT2D eigenvalue weighted by molar-refractivity contribution is -0.139. The molecule has 2 aromatic rings. The number of ether oxygens (including phenoxy) is 2. The van der Waals surface area contributed by atoms with E-state index in [0.717, 1.165) is 32.4 Å². The van der Waals surface area contributed by atoms with Crippen molar-refractivity contribution in [3.05, 3.63) is 35.5 Å². The number of para-hydroxylation sites is 1. The Kier molecular flexibility index (Phi) is 4.77. The number of aryl methyl sites for hydroxylation is 2. The molecule has 0 bridgehead atoms. The lowest BCUT2D eigenvalue weighted by atomic mass is 9.96. The number of hydrogen-bond acceptors (Lipinski definition) is 3. The molecular weight excluding hydrogens is 316 g/mol. The molecule has 2 aliphatic heterocycles. The lowest BCUT2D eigenvalue weighted by Gasteiger charge is -2.34. The van der Waals surface area contributed by atoms with E-state index in [2.05, 4.69) is 30.1 Å². The van der Waals surface area contributed by atoms with Crippen LogP contribution in [0.5, 0.6) is 0 Å². The first-order valence-corrected chi connectivity index (χ1v) is 9.29. The van der Waals surface area contributed by atoms with Gasteiger partial charge in [0.05, 0.1) is 13.2 Å². The number of nitrogens with one attached hydrogen (secondary N) is 1. The molecule has 0 radical (unpaired) electrons. The number of benzene rings is 1. The van der Waals surface area contributed by atoms with E-state index in [4.69, 9.17) is 9.47 Å². The first kappa shape index (κ1) is 16.6. The summed E-state index contributed by atoms with van der Waals surface area (Å²) in [6.45, 7) is 5.07. The van der Waals surface area contributed by atoms with Gasteiger partial charge in [0.15, 0.2) is 6.29 Å². The molecule has 134 valence electrons. The highest BCUT2D eigenvalue weighted by Gasteiger charge is 2.32. The minimum atomic E-state index is -0.118. The summed E-state index contributed by atoms with van der Waals surface area (Å²) in [7, 11) is 0. The molecule has 2 aliphatic rings. The van der Waals surface area contributed by atoms with Crippen molar-refractivity contribution in [2.75, 3.05) is 26.3 Å². The molecule has 25 heavy (non-hydrogen) atoms. The Morgan fingerprint density at radius 2 is 2.16 bits per heavy atom. The van der Waals surface area contributed by atoms with Crippen LogP contribution in [0.15, 0.2) is 24.4 Å². The zero-order chi connectivity index (χ0) is 17.2. The summed E-state index contributed by atoms with van der Waals surface area (Å²) in [4.78, 5) is 18.0. The van der Waals surface area contributed by atoms with Gasteiger partial charge in [-0.05, 0) is 37.3 Å². The van der Waals surface area contributed by atoms with Crippen LogP contribution in [-0.4, -0.2) is 48.4 Å². The third kappa shape index (κ3) is 3.44. The quantitative estimate of drug-likeness (QED) is 0.929. The van der Waals surface area contributed by atoms with Crippen LogP contribution in [-0.2, 0) is 20.7 Å². The van der Waals surface area contributed by atoms with Crippen LogP contribution in [0.3, 0.4) is 0 Å². The Morgan fingerprint density at radius 1 is 1.32 bits per heavy atom. The number of nitrogens with zero attached hydrogens (tertiary/aromatic N) is 1. The third-order valence-corrected chi connectivity index (χ3v) is 5.46. The summed E-state index contributed by atoms with van der Waals surface area (Å²) in [5, 5.41) is 1.23. The van der Waals surface area contributed by atoms with E-state index in [-0.39, 0.29) is 12.2 Å². The van der Waals surface area contributed by atoms with Crippen molar-refractivity contribution in [3.8, 4) is 0 Å². The third-order valence-electron chi connectivity index (χ3n) is 5.46. The molecule has 1 aromatic carbocycles. The van der Waals surface area contributed by atoms with Crippen molar-refractivity contribution >= 4 is 16.8 Å². The molecule has 2 saturated heterocycles. The van der Waals surface area contributed by atoms with Crippen LogP contribution >= 0.6 is 0 Å². The molecule has 1 aromatic heterocycles. The maximum atomic E-state index is 12.7. The predicted molar refractivity (Wildman–Crippen MR) is 96.4 cm³/mol. The van der Waals surface area contributed by atoms with Gasteiger partial charge in [-0.25, -0.2) is 0 Å². The second-order valence-corrected chi connectivity index (χ2v) is 7.16. The Morgan fingerprint density at radius 3 is 3.00 bits per heavy atom. The monoisotopic (exact) mass is 342 g/mol. The normalized spacial score (nSPS) is 22.0. The van der Waals surface area contributed by atoms with Crippen molar-refractivity contribution in [2.45, 2.75) is 38.9 Å². The van der Waals surface area contributed by atoms with Gasteiger partial charge in [0, 0.05) is 42.5 Å². The van der Waals surface area contributed by atoms with Crippen molar-refractivity contribution in [2.24, 2.45) is 5.92 Å². The molecule has 1 N–H and O–H groups in total. The minimum absolute atomic E-state index is 0.118. The first-order chi connectivity index (χ1) is 12.2. The lowest BCUT2D eigenvalue weighted by Crippen LogP contribution is -2.43.